The number of urea groups is 1. The highest BCUT2D eigenvalue weighted by Gasteiger charge is 2.24. The number of amides is 2. The zero-order valence-corrected chi connectivity index (χ0v) is 14.2. The van der Waals surface area contributed by atoms with E-state index in [1.54, 1.807) is 25.3 Å². The van der Waals surface area contributed by atoms with Gasteiger partial charge in [0.15, 0.2) is 5.75 Å². The normalized spacial score (nSPS) is 18.5. The average molecular weight is 343 g/mol. The molecule has 1 aromatic rings. The number of halogens is 1. The maximum atomic E-state index is 12.2. The summed E-state index contributed by atoms with van der Waals surface area (Å²) < 4.78 is 16.1. The highest BCUT2D eigenvalue weighted by molar-refractivity contribution is 6.32. The molecule has 0 spiro atoms. The molecule has 0 unspecified atom stereocenters. The summed E-state index contributed by atoms with van der Waals surface area (Å²) in [6.07, 6.45) is 2.06. The summed E-state index contributed by atoms with van der Waals surface area (Å²) >= 11 is 6.14. The van der Waals surface area contributed by atoms with Gasteiger partial charge in [0.1, 0.15) is 6.61 Å². The third-order valence-electron chi connectivity index (χ3n) is 3.63. The van der Waals surface area contributed by atoms with Crippen LogP contribution in [0.3, 0.4) is 0 Å². The molecule has 2 amide bonds. The van der Waals surface area contributed by atoms with Crippen molar-refractivity contribution >= 4 is 23.3 Å². The number of rotatable bonds is 7. The van der Waals surface area contributed by atoms with E-state index in [1.165, 1.54) is 0 Å². The smallest absolute Gasteiger partial charge is 0.319 e. The second-order valence-electron chi connectivity index (χ2n) is 5.40. The Bertz CT molecular complexity index is 521. The SMILES string of the molecule is COCCOc1c(Cl)cccc1NC(=O)N[C@@H](C)[C@@H]1CCCO1. The second kappa shape index (κ2) is 8.96. The summed E-state index contributed by atoms with van der Waals surface area (Å²) in [5, 5.41) is 6.10. The van der Waals surface area contributed by atoms with E-state index >= 15 is 0 Å². The number of benzene rings is 1. The quantitative estimate of drug-likeness (QED) is 0.747. The Hall–Kier alpha value is -1.50. The Labute approximate surface area is 141 Å². The first-order valence-corrected chi connectivity index (χ1v) is 8.09. The minimum absolute atomic E-state index is 0.0606. The molecule has 128 valence electrons. The van der Waals surface area contributed by atoms with Crippen molar-refractivity contribution in [1.82, 2.24) is 5.32 Å². The van der Waals surface area contributed by atoms with Crippen molar-refractivity contribution in [2.75, 3.05) is 32.2 Å². The molecule has 1 saturated heterocycles. The van der Waals surface area contributed by atoms with Gasteiger partial charge in [0.05, 0.1) is 29.5 Å². The van der Waals surface area contributed by atoms with Crippen LogP contribution in [0, 0.1) is 0 Å². The molecule has 0 saturated carbocycles. The minimum Gasteiger partial charge on any atom is -0.487 e. The molecule has 1 fully saturated rings. The van der Waals surface area contributed by atoms with Crippen molar-refractivity contribution in [2.45, 2.75) is 31.9 Å². The van der Waals surface area contributed by atoms with Gasteiger partial charge in [-0.1, -0.05) is 17.7 Å². The fraction of sp³-hybridized carbons (Fsp3) is 0.562. The average Bonchev–Trinajstić information content (AvgIpc) is 3.04. The number of ether oxygens (including phenoxy) is 3. The molecule has 0 aromatic heterocycles. The van der Waals surface area contributed by atoms with Crippen molar-refractivity contribution < 1.29 is 19.0 Å². The molecule has 2 atom stereocenters. The zero-order chi connectivity index (χ0) is 16.7. The molecule has 1 aliphatic heterocycles. The Morgan fingerprint density at radius 3 is 3.00 bits per heavy atom. The lowest BCUT2D eigenvalue weighted by Crippen LogP contribution is -2.43. The maximum Gasteiger partial charge on any atom is 0.319 e. The Morgan fingerprint density at radius 1 is 1.48 bits per heavy atom. The minimum atomic E-state index is -0.313. The first-order chi connectivity index (χ1) is 11.1. The van der Waals surface area contributed by atoms with Crippen LogP contribution >= 0.6 is 11.6 Å². The summed E-state index contributed by atoms with van der Waals surface area (Å²) in [6, 6.07) is 4.83. The molecule has 0 bridgehead atoms. The summed E-state index contributed by atoms with van der Waals surface area (Å²) in [4.78, 5) is 12.2. The molecule has 7 heteroatoms. The number of hydrogen-bond donors (Lipinski definition) is 2. The van der Waals surface area contributed by atoms with Gasteiger partial charge in [0.25, 0.3) is 0 Å². The maximum absolute atomic E-state index is 12.2. The van der Waals surface area contributed by atoms with Gasteiger partial charge in [-0.2, -0.15) is 0 Å². The molecule has 2 N–H and O–H groups in total. The van der Waals surface area contributed by atoms with Crippen LogP contribution in [0.5, 0.6) is 5.75 Å². The van der Waals surface area contributed by atoms with E-state index in [0.717, 1.165) is 19.4 Å². The van der Waals surface area contributed by atoms with Gasteiger partial charge in [0, 0.05) is 13.7 Å². The third kappa shape index (κ3) is 5.27. The lowest BCUT2D eigenvalue weighted by atomic mass is 10.1. The molecular formula is C16H23ClN2O4. The van der Waals surface area contributed by atoms with Crippen LogP contribution in [-0.4, -0.2) is 45.1 Å². The van der Waals surface area contributed by atoms with Crippen molar-refractivity contribution in [2.24, 2.45) is 0 Å². The van der Waals surface area contributed by atoms with E-state index < -0.39 is 0 Å². The summed E-state index contributed by atoms with van der Waals surface area (Å²) in [5.74, 6) is 0.436. The van der Waals surface area contributed by atoms with Crippen LogP contribution in [0.4, 0.5) is 10.5 Å². The second-order valence-corrected chi connectivity index (χ2v) is 5.80. The van der Waals surface area contributed by atoms with Gasteiger partial charge < -0.3 is 24.8 Å². The topological polar surface area (TPSA) is 68.8 Å². The van der Waals surface area contributed by atoms with Crippen LogP contribution in [-0.2, 0) is 9.47 Å². The molecular weight excluding hydrogens is 320 g/mol. The number of hydrogen-bond acceptors (Lipinski definition) is 4. The number of para-hydroxylation sites is 1. The Morgan fingerprint density at radius 2 is 2.30 bits per heavy atom. The van der Waals surface area contributed by atoms with E-state index in [1.807, 2.05) is 6.92 Å². The highest BCUT2D eigenvalue weighted by atomic mass is 35.5. The number of methoxy groups -OCH3 is 1. The molecule has 23 heavy (non-hydrogen) atoms. The predicted octanol–water partition coefficient (Wildman–Crippen LogP) is 3.05. The van der Waals surface area contributed by atoms with E-state index in [9.17, 15) is 4.79 Å². The van der Waals surface area contributed by atoms with Gasteiger partial charge in [-0.3, -0.25) is 0 Å². The molecule has 2 rings (SSSR count). The van der Waals surface area contributed by atoms with Crippen molar-refractivity contribution in [3.63, 3.8) is 0 Å². The summed E-state index contributed by atoms with van der Waals surface area (Å²) in [6.45, 7) is 3.48. The molecule has 1 heterocycles. The lowest BCUT2D eigenvalue weighted by Gasteiger charge is -2.21. The van der Waals surface area contributed by atoms with Gasteiger partial charge in [-0.25, -0.2) is 4.79 Å². The number of carbonyl (C=O) groups excluding carboxylic acids is 1. The lowest BCUT2D eigenvalue weighted by molar-refractivity contribution is 0.0868. The fourth-order valence-corrected chi connectivity index (χ4v) is 2.67. The van der Waals surface area contributed by atoms with E-state index in [-0.39, 0.29) is 18.2 Å². The number of nitrogens with one attached hydrogen (secondary N) is 2. The molecule has 6 nitrogen and oxygen atoms in total. The van der Waals surface area contributed by atoms with Gasteiger partial charge in [-0.05, 0) is 31.9 Å². The third-order valence-corrected chi connectivity index (χ3v) is 3.93. The number of carbonyl (C=O) groups is 1. The fourth-order valence-electron chi connectivity index (χ4n) is 2.44. The van der Waals surface area contributed by atoms with Gasteiger partial charge in [0.2, 0.25) is 0 Å². The first-order valence-electron chi connectivity index (χ1n) is 7.71. The van der Waals surface area contributed by atoms with Crippen LogP contribution in [0.15, 0.2) is 18.2 Å². The molecule has 0 aliphatic carbocycles. The van der Waals surface area contributed by atoms with Crippen LogP contribution in [0.1, 0.15) is 19.8 Å². The number of anilines is 1. The van der Waals surface area contributed by atoms with Gasteiger partial charge in [-0.15, -0.1) is 0 Å². The highest BCUT2D eigenvalue weighted by Crippen LogP contribution is 2.32. The molecule has 1 aromatic carbocycles. The van der Waals surface area contributed by atoms with Crippen molar-refractivity contribution in [1.29, 1.82) is 0 Å². The van der Waals surface area contributed by atoms with Crippen LogP contribution in [0.2, 0.25) is 5.02 Å². The largest absolute Gasteiger partial charge is 0.487 e. The van der Waals surface area contributed by atoms with E-state index in [4.69, 9.17) is 25.8 Å². The summed E-state index contributed by atoms with van der Waals surface area (Å²) in [5.41, 5.74) is 0.519. The monoisotopic (exact) mass is 342 g/mol. The van der Waals surface area contributed by atoms with E-state index in [0.29, 0.717) is 29.7 Å². The molecule has 0 radical (unpaired) electrons. The molecule has 1 aliphatic rings. The summed E-state index contributed by atoms with van der Waals surface area (Å²) in [7, 11) is 1.59. The predicted molar refractivity (Wildman–Crippen MR) is 89.4 cm³/mol. The van der Waals surface area contributed by atoms with Crippen LogP contribution < -0.4 is 15.4 Å². The van der Waals surface area contributed by atoms with Crippen molar-refractivity contribution in [3.8, 4) is 5.75 Å². The first kappa shape index (κ1) is 17.8. The Balaban J connectivity index is 1.95. The Kier molecular flexibility index (Phi) is 6.95. The standard InChI is InChI=1S/C16H23ClN2O4/c1-11(14-7-4-8-22-14)18-16(20)19-13-6-3-5-12(17)15(13)23-10-9-21-2/h3,5-6,11,14H,4,7-10H2,1-2H3,(H2,18,19,20)/t11-,14-/m0/s1. The van der Waals surface area contributed by atoms with Crippen molar-refractivity contribution in [3.05, 3.63) is 23.2 Å². The van der Waals surface area contributed by atoms with Gasteiger partial charge >= 0.3 is 6.03 Å². The van der Waals surface area contributed by atoms with E-state index in [2.05, 4.69) is 10.6 Å². The zero-order valence-electron chi connectivity index (χ0n) is 13.4. The van der Waals surface area contributed by atoms with Crippen LogP contribution in [0.25, 0.3) is 0 Å².